The molecule has 0 aromatic carbocycles. The lowest BCUT2D eigenvalue weighted by Gasteiger charge is -2.42. The molecule has 0 radical (unpaired) electrons. The summed E-state index contributed by atoms with van der Waals surface area (Å²) in [5, 5.41) is 3.47. The molecular weight excluding hydrogens is 292 g/mol. The number of aromatic nitrogens is 1. The van der Waals surface area contributed by atoms with E-state index in [1.807, 2.05) is 13.8 Å². The number of amides is 1. The van der Waals surface area contributed by atoms with E-state index in [-0.39, 0.29) is 17.2 Å². The Morgan fingerprint density at radius 1 is 1.69 bits per heavy atom. The first-order chi connectivity index (χ1) is 7.54. The molecule has 0 atom stereocenters. The van der Waals surface area contributed by atoms with Gasteiger partial charge in [-0.1, -0.05) is 25.2 Å². The Bertz CT molecular complexity index is 401. The number of carbonyl (C=O) groups is 1. The highest BCUT2D eigenvalue weighted by Crippen LogP contribution is 2.37. The highest BCUT2D eigenvalue weighted by Gasteiger charge is 2.48. The maximum atomic E-state index is 12.1. The van der Waals surface area contributed by atoms with Crippen molar-refractivity contribution in [1.29, 1.82) is 0 Å². The molecule has 1 amide bonds. The van der Waals surface area contributed by atoms with Gasteiger partial charge in [0.2, 0.25) is 5.91 Å². The van der Waals surface area contributed by atoms with E-state index in [0.29, 0.717) is 18.3 Å². The summed E-state index contributed by atoms with van der Waals surface area (Å²) in [6, 6.07) is 0. The number of carbonyl (C=O) groups excluding carboxylic acids is 1. The summed E-state index contributed by atoms with van der Waals surface area (Å²) in [4.78, 5) is 16.2. The van der Waals surface area contributed by atoms with Gasteiger partial charge >= 0.3 is 0 Å². The zero-order valence-electron chi connectivity index (χ0n) is 9.12. The fourth-order valence-corrected chi connectivity index (χ4v) is 2.68. The van der Waals surface area contributed by atoms with Gasteiger partial charge in [-0.2, -0.15) is 0 Å². The number of hydrogen-bond acceptors (Lipinski definition) is 4. The van der Waals surface area contributed by atoms with Crippen molar-refractivity contribution >= 4 is 38.3 Å². The van der Waals surface area contributed by atoms with Gasteiger partial charge in [-0.05, 0) is 21.8 Å². The SMILES string of the molecule is CC(C)C1(C(=O)Nc2ncc(Br)s2)COC1. The first-order valence-electron chi connectivity index (χ1n) is 5.05. The van der Waals surface area contributed by atoms with Crippen molar-refractivity contribution in [3.63, 3.8) is 0 Å². The van der Waals surface area contributed by atoms with Crippen molar-refractivity contribution in [1.82, 2.24) is 4.98 Å². The Balaban J connectivity index is 2.07. The molecule has 88 valence electrons. The zero-order valence-corrected chi connectivity index (χ0v) is 11.5. The second-order valence-corrected chi connectivity index (χ2v) is 6.64. The second-order valence-electron chi connectivity index (χ2n) is 4.23. The number of anilines is 1. The third kappa shape index (κ3) is 2.01. The van der Waals surface area contributed by atoms with E-state index in [9.17, 15) is 4.79 Å². The van der Waals surface area contributed by atoms with Crippen molar-refractivity contribution in [2.75, 3.05) is 18.5 Å². The predicted octanol–water partition coefficient (Wildman–Crippen LogP) is 2.52. The molecule has 1 aliphatic heterocycles. The predicted molar refractivity (Wildman–Crippen MR) is 66.5 cm³/mol. The molecule has 0 aliphatic carbocycles. The molecule has 0 spiro atoms. The molecule has 0 saturated carbocycles. The maximum absolute atomic E-state index is 12.1. The van der Waals surface area contributed by atoms with Crippen LogP contribution in [-0.4, -0.2) is 24.1 Å². The molecule has 2 rings (SSSR count). The van der Waals surface area contributed by atoms with Crippen LogP contribution in [0.1, 0.15) is 13.8 Å². The van der Waals surface area contributed by atoms with Crippen molar-refractivity contribution in [3.05, 3.63) is 9.98 Å². The smallest absolute Gasteiger partial charge is 0.237 e. The normalized spacial score (nSPS) is 18.2. The monoisotopic (exact) mass is 304 g/mol. The minimum absolute atomic E-state index is 0.00981. The van der Waals surface area contributed by atoms with Gasteiger partial charge in [-0.3, -0.25) is 4.79 Å². The molecule has 0 bridgehead atoms. The molecule has 1 aromatic heterocycles. The highest BCUT2D eigenvalue weighted by atomic mass is 79.9. The Morgan fingerprint density at radius 2 is 2.38 bits per heavy atom. The molecule has 6 heteroatoms. The van der Waals surface area contributed by atoms with Crippen LogP contribution in [0.15, 0.2) is 9.98 Å². The van der Waals surface area contributed by atoms with E-state index in [4.69, 9.17) is 4.74 Å². The van der Waals surface area contributed by atoms with E-state index in [1.165, 1.54) is 11.3 Å². The molecule has 2 heterocycles. The van der Waals surface area contributed by atoms with Crippen LogP contribution in [0.25, 0.3) is 0 Å². The molecule has 16 heavy (non-hydrogen) atoms. The third-order valence-corrected chi connectivity index (χ3v) is 4.37. The molecule has 4 nitrogen and oxygen atoms in total. The average molecular weight is 305 g/mol. The number of nitrogens with zero attached hydrogens (tertiary/aromatic N) is 1. The van der Waals surface area contributed by atoms with E-state index in [2.05, 4.69) is 26.2 Å². The fraction of sp³-hybridized carbons (Fsp3) is 0.600. The Hall–Kier alpha value is -0.460. The maximum Gasteiger partial charge on any atom is 0.237 e. The van der Waals surface area contributed by atoms with Gasteiger partial charge < -0.3 is 10.1 Å². The Morgan fingerprint density at radius 3 is 2.75 bits per heavy atom. The van der Waals surface area contributed by atoms with Crippen LogP contribution in [0, 0.1) is 11.3 Å². The fourth-order valence-electron chi connectivity index (χ4n) is 1.58. The molecule has 1 aromatic rings. The van der Waals surface area contributed by atoms with Crippen molar-refractivity contribution < 1.29 is 9.53 Å². The first-order valence-corrected chi connectivity index (χ1v) is 6.66. The summed E-state index contributed by atoms with van der Waals surface area (Å²) in [7, 11) is 0. The summed E-state index contributed by atoms with van der Waals surface area (Å²) >= 11 is 4.72. The van der Waals surface area contributed by atoms with Crippen LogP contribution in [0.2, 0.25) is 0 Å². The van der Waals surface area contributed by atoms with Crippen LogP contribution in [0.4, 0.5) is 5.13 Å². The van der Waals surface area contributed by atoms with Crippen molar-refractivity contribution in [2.24, 2.45) is 11.3 Å². The largest absolute Gasteiger partial charge is 0.379 e. The van der Waals surface area contributed by atoms with E-state index >= 15 is 0 Å². The summed E-state index contributed by atoms with van der Waals surface area (Å²) in [6.45, 7) is 5.09. The van der Waals surface area contributed by atoms with Gasteiger partial charge in [-0.25, -0.2) is 4.98 Å². The van der Waals surface area contributed by atoms with Crippen LogP contribution in [0.5, 0.6) is 0 Å². The number of thiazole rings is 1. The van der Waals surface area contributed by atoms with Crippen molar-refractivity contribution in [2.45, 2.75) is 13.8 Å². The van der Waals surface area contributed by atoms with E-state index in [1.54, 1.807) is 6.20 Å². The number of rotatable bonds is 3. The minimum atomic E-state index is -0.377. The quantitative estimate of drug-likeness (QED) is 0.933. The van der Waals surface area contributed by atoms with Gasteiger partial charge in [0.15, 0.2) is 5.13 Å². The van der Waals surface area contributed by atoms with Gasteiger partial charge in [0.1, 0.15) is 0 Å². The lowest BCUT2D eigenvalue weighted by Crippen LogP contribution is -2.55. The average Bonchev–Trinajstić information content (AvgIpc) is 2.47. The second kappa shape index (κ2) is 4.43. The first kappa shape index (κ1) is 12.0. The summed E-state index contributed by atoms with van der Waals surface area (Å²) in [5.74, 6) is 0.278. The van der Waals surface area contributed by atoms with Gasteiger partial charge in [0, 0.05) is 0 Å². The Kier molecular flexibility index (Phi) is 3.32. The van der Waals surface area contributed by atoms with Gasteiger partial charge in [0.25, 0.3) is 0 Å². The minimum Gasteiger partial charge on any atom is -0.379 e. The molecule has 1 saturated heterocycles. The lowest BCUT2D eigenvalue weighted by atomic mass is 9.74. The number of nitrogens with one attached hydrogen (secondary N) is 1. The summed E-state index contributed by atoms with van der Waals surface area (Å²) in [6.07, 6.45) is 1.68. The van der Waals surface area contributed by atoms with Gasteiger partial charge in [-0.15, -0.1) is 0 Å². The van der Waals surface area contributed by atoms with Crippen LogP contribution < -0.4 is 5.32 Å². The zero-order chi connectivity index (χ0) is 11.8. The number of halogens is 1. The van der Waals surface area contributed by atoms with Crippen LogP contribution in [0.3, 0.4) is 0 Å². The summed E-state index contributed by atoms with van der Waals surface area (Å²) in [5.41, 5.74) is -0.377. The number of hydrogen-bond donors (Lipinski definition) is 1. The molecule has 0 unspecified atom stereocenters. The molecular formula is C10H13BrN2O2S. The van der Waals surface area contributed by atoms with Gasteiger partial charge in [0.05, 0.1) is 28.6 Å². The Labute approximate surface area is 107 Å². The van der Waals surface area contributed by atoms with Crippen LogP contribution in [-0.2, 0) is 9.53 Å². The van der Waals surface area contributed by atoms with E-state index < -0.39 is 0 Å². The topological polar surface area (TPSA) is 51.2 Å². The standard InChI is InChI=1S/C10H13BrN2O2S/c1-6(2)10(4-15-5-10)8(14)13-9-12-3-7(11)16-9/h3,6H,4-5H2,1-2H3,(H,12,13,14). The van der Waals surface area contributed by atoms with Crippen LogP contribution >= 0.6 is 27.3 Å². The molecule has 1 fully saturated rings. The van der Waals surface area contributed by atoms with E-state index in [0.717, 1.165) is 3.79 Å². The lowest BCUT2D eigenvalue weighted by molar-refractivity contribution is -0.166. The number of ether oxygens (including phenoxy) is 1. The highest BCUT2D eigenvalue weighted by molar-refractivity contribution is 9.11. The molecule has 1 N–H and O–H groups in total. The summed E-state index contributed by atoms with van der Waals surface area (Å²) < 4.78 is 6.09. The third-order valence-electron chi connectivity index (χ3n) is 2.97. The molecule has 1 aliphatic rings. The van der Waals surface area contributed by atoms with Crippen molar-refractivity contribution in [3.8, 4) is 0 Å².